The van der Waals surface area contributed by atoms with E-state index >= 15 is 0 Å². The zero-order valence-corrected chi connectivity index (χ0v) is 20.7. The molecule has 6 nitrogen and oxygen atoms in total. The van der Waals surface area contributed by atoms with Gasteiger partial charge >= 0.3 is 0 Å². The van der Waals surface area contributed by atoms with Gasteiger partial charge < -0.3 is 20.1 Å². The second-order valence-corrected chi connectivity index (χ2v) is 9.10. The van der Waals surface area contributed by atoms with E-state index in [-0.39, 0.29) is 5.91 Å². The van der Waals surface area contributed by atoms with Crippen LogP contribution in [0.4, 0.5) is 17.1 Å². The smallest absolute Gasteiger partial charge is 0.255 e. The van der Waals surface area contributed by atoms with E-state index in [0.717, 1.165) is 30.9 Å². The lowest BCUT2D eigenvalue weighted by Crippen LogP contribution is -2.15. The molecule has 0 spiro atoms. The Balaban J connectivity index is 1.45. The van der Waals surface area contributed by atoms with Crippen molar-refractivity contribution >= 4 is 33.9 Å². The molecule has 0 aliphatic carbocycles. The fraction of sp³-hybridized carbons (Fsp3) is 0.241. The largest absolute Gasteiger partial charge is 0.356 e. The van der Waals surface area contributed by atoms with Crippen LogP contribution in [0.25, 0.3) is 10.9 Å². The second-order valence-electron chi connectivity index (χ2n) is 9.10. The number of fused-ring (bicyclic) bond motifs is 1. The van der Waals surface area contributed by atoms with Gasteiger partial charge in [0.25, 0.3) is 5.91 Å². The predicted molar refractivity (Wildman–Crippen MR) is 143 cm³/mol. The van der Waals surface area contributed by atoms with Crippen molar-refractivity contribution in [2.75, 3.05) is 31.3 Å². The number of carbonyl (C=O) groups excluding carboxylic acids is 1. The van der Waals surface area contributed by atoms with Gasteiger partial charge in [-0.25, -0.2) is 0 Å². The molecule has 1 heterocycles. The molecule has 0 fully saturated rings. The maximum atomic E-state index is 12.6. The highest BCUT2D eigenvalue weighted by Gasteiger charge is 2.12. The molecule has 4 rings (SSSR count). The van der Waals surface area contributed by atoms with Crippen molar-refractivity contribution in [3.63, 3.8) is 0 Å². The van der Waals surface area contributed by atoms with Crippen molar-refractivity contribution in [2.24, 2.45) is 0 Å². The van der Waals surface area contributed by atoms with Crippen molar-refractivity contribution in [1.29, 1.82) is 5.26 Å². The number of rotatable bonds is 8. The number of hydrogen-bond donors (Lipinski definition) is 2. The molecule has 0 radical (unpaired) electrons. The molecular formula is C29H31N5O. The maximum Gasteiger partial charge on any atom is 0.255 e. The molecule has 0 aliphatic heterocycles. The second kappa shape index (κ2) is 10.5. The van der Waals surface area contributed by atoms with E-state index in [9.17, 15) is 4.79 Å². The van der Waals surface area contributed by atoms with Gasteiger partial charge in [0.2, 0.25) is 0 Å². The number of amides is 1. The first kappa shape index (κ1) is 24.1. The van der Waals surface area contributed by atoms with E-state index in [1.165, 1.54) is 22.2 Å². The van der Waals surface area contributed by atoms with E-state index in [1.807, 2.05) is 12.1 Å². The third-order valence-corrected chi connectivity index (χ3v) is 6.33. The lowest BCUT2D eigenvalue weighted by Gasteiger charge is -2.12. The summed E-state index contributed by atoms with van der Waals surface area (Å²) >= 11 is 0. The normalized spacial score (nSPS) is 11.0. The standard InChI is InChI=1S/C29H31N5O/c1-20-21(2)34(17-5-16-33(3)4)28-15-14-26(18-27(20)28)31-24-12-8-23(9-13-24)29(35)32-25-10-6-22(19-30)7-11-25/h6-15,18,31H,5,16-17H2,1-4H3,(H,32,35). The number of aryl methyl sites for hydroxylation is 2. The van der Waals surface area contributed by atoms with Gasteiger partial charge in [0.15, 0.2) is 0 Å². The van der Waals surface area contributed by atoms with Crippen molar-refractivity contribution in [3.8, 4) is 6.07 Å². The number of nitrogens with one attached hydrogen (secondary N) is 2. The first-order valence-corrected chi connectivity index (χ1v) is 11.8. The Bertz CT molecular complexity index is 1380. The summed E-state index contributed by atoms with van der Waals surface area (Å²) in [4.78, 5) is 14.8. The van der Waals surface area contributed by atoms with Crippen LogP contribution in [0.15, 0.2) is 66.7 Å². The molecule has 3 aromatic carbocycles. The summed E-state index contributed by atoms with van der Waals surface area (Å²) in [5, 5.41) is 16.5. The molecule has 0 aliphatic rings. The summed E-state index contributed by atoms with van der Waals surface area (Å²) in [6.45, 7) is 6.46. The zero-order valence-electron chi connectivity index (χ0n) is 20.7. The first-order valence-electron chi connectivity index (χ1n) is 11.8. The van der Waals surface area contributed by atoms with Gasteiger partial charge in [0.1, 0.15) is 0 Å². The van der Waals surface area contributed by atoms with Crippen LogP contribution < -0.4 is 10.6 Å². The highest BCUT2D eigenvalue weighted by atomic mass is 16.1. The number of hydrogen-bond acceptors (Lipinski definition) is 4. The van der Waals surface area contributed by atoms with Gasteiger partial charge in [-0.05, 0) is 113 Å². The topological polar surface area (TPSA) is 73.1 Å². The third kappa shape index (κ3) is 5.53. The number of nitrogens with zero attached hydrogens (tertiary/aromatic N) is 3. The van der Waals surface area contributed by atoms with Crippen molar-refractivity contribution in [2.45, 2.75) is 26.8 Å². The summed E-state index contributed by atoms with van der Waals surface area (Å²) in [6, 6.07) is 22.8. The molecule has 6 heteroatoms. The number of nitriles is 1. The molecule has 4 aromatic rings. The Kier molecular flexibility index (Phi) is 7.19. The average molecular weight is 466 g/mol. The van der Waals surface area contributed by atoms with Gasteiger partial charge in [0, 0.05) is 45.8 Å². The van der Waals surface area contributed by atoms with Gasteiger partial charge in [-0.15, -0.1) is 0 Å². The minimum atomic E-state index is -0.190. The molecule has 2 N–H and O–H groups in total. The van der Waals surface area contributed by atoms with E-state index in [4.69, 9.17) is 5.26 Å². The Morgan fingerprint density at radius 3 is 2.26 bits per heavy atom. The van der Waals surface area contributed by atoms with Crippen LogP contribution in [-0.4, -0.2) is 36.0 Å². The summed E-state index contributed by atoms with van der Waals surface area (Å²) in [5.41, 5.74) is 7.60. The fourth-order valence-corrected chi connectivity index (χ4v) is 4.26. The van der Waals surface area contributed by atoms with E-state index in [2.05, 4.69) is 72.3 Å². The molecule has 1 aromatic heterocycles. The molecule has 0 saturated heterocycles. The quantitative estimate of drug-likeness (QED) is 0.331. The molecular weight excluding hydrogens is 434 g/mol. The minimum Gasteiger partial charge on any atom is -0.356 e. The van der Waals surface area contributed by atoms with Gasteiger partial charge in [-0.3, -0.25) is 4.79 Å². The van der Waals surface area contributed by atoms with Crippen LogP contribution in [-0.2, 0) is 6.54 Å². The Hall–Kier alpha value is -4.08. The molecule has 1 amide bonds. The average Bonchev–Trinajstić information content (AvgIpc) is 3.09. The predicted octanol–water partition coefficient (Wildman–Crippen LogP) is 6.08. The number of benzene rings is 3. The summed E-state index contributed by atoms with van der Waals surface area (Å²) < 4.78 is 2.42. The molecule has 0 bridgehead atoms. The molecule has 0 saturated carbocycles. The Labute approximate surface area is 206 Å². The molecule has 0 unspecified atom stereocenters. The molecule has 0 atom stereocenters. The van der Waals surface area contributed by atoms with Crippen LogP contribution >= 0.6 is 0 Å². The number of anilines is 3. The zero-order chi connectivity index (χ0) is 24.9. The number of aromatic nitrogens is 1. The van der Waals surface area contributed by atoms with E-state index in [1.54, 1.807) is 36.4 Å². The highest BCUT2D eigenvalue weighted by molar-refractivity contribution is 6.04. The lowest BCUT2D eigenvalue weighted by molar-refractivity contribution is 0.102. The van der Waals surface area contributed by atoms with Crippen LogP contribution in [0.3, 0.4) is 0 Å². The lowest BCUT2D eigenvalue weighted by atomic mass is 10.1. The third-order valence-electron chi connectivity index (χ3n) is 6.33. The Morgan fingerprint density at radius 1 is 0.943 bits per heavy atom. The van der Waals surface area contributed by atoms with Gasteiger partial charge in [-0.1, -0.05) is 0 Å². The summed E-state index contributed by atoms with van der Waals surface area (Å²) in [5.74, 6) is -0.190. The van der Waals surface area contributed by atoms with Crippen LogP contribution in [0.1, 0.15) is 33.6 Å². The van der Waals surface area contributed by atoms with Crippen LogP contribution in [0.5, 0.6) is 0 Å². The number of carbonyl (C=O) groups is 1. The summed E-state index contributed by atoms with van der Waals surface area (Å²) in [6.07, 6.45) is 1.11. The summed E-state index contributed by atoms with van der Waals surface area (Å²) in [7, 11) is 4.22. The maximum absolute atomic E-state index is 12.6. The van der Waals surface area contributed by atoms with Gasteiger partial charge in [-0.2, -0.15) is 5.26 Å². The van der Waals surface area contributed by atoms with Crippen LogP contribution in [0.2, 0.25) is 0 Å². The van der Waals surface area contributed by atoms with Crippen molar-refractivity contribution < 1.29 is 4.79 Å². The first-order chi connectivity index (χ1) is 16.9. The SMILES string of the molecule is Cc1c(C)n(CCCN(C)C)c2ccc(Nc3ccc(C(=O)Nc4ccc(C#N)cc4)cc3)cc12. The van der Waals surface area contributed by atoms with E-state index in [0.29, 0.717) is 16.8 Å². The van der Waals surface area contributed by atoms with Crippen molar-refractivity contribution in [1.82, 2.24) is 9.47 Å². The highest BCUT2D eigenvalue weighted by Crippen LogP contribution is 2.29. The monoisotopic (exact) mass is 465 g/mol. The Morgan fingerprint density at radius 2 is 1.60 bits per heavy atom. The van der Waals surface area contributed by atoms with Gasteiger partial charge in [0.05, 0.1) is 11.6 Å². The molecule has 178 valence electrons. The molecule has 35 heavy (non-hydrogen) atoms. The fourth-order valence-electron chi connectivity index (χ4n) is 4.26. The van der Waals surface area contributed by atoms with Crippen LogP contribution in [0, 0.1) is 25.2 Å². The van der Waals surface area contributed by atoms with E-state index < -0.39 is 0 Å². The minimum absolute atomic E-state index is 0.190. The van der Waals surface area contributed by atoms with Crippen molar-refractivity contribution in [3.05, 3.63) is 89.1 Å².